The maximum atomic E-state index is 6.30. The SMILES string of the molecule is CCCNC(Cc1cccc(Cl)c1Cl)CC1CCCO1. The molecule has 0 saturated carbocycles. The summed E-state index contributed by atoms with van der Waals surface area (Å²) in [6, 6.07) is 6.26. The van der Waals surface area contributed by atoms with Crippen LogP contribution in [0.2, 0.25) is 10.0 Å². The molecule has 0 spiro atoms. The average Bonchev–Trinajstić information content (AvgIpc) is 2.94. The van der Waals surface area contributed by atoms with Gasteiger partial charge in [0.05, 0.1) is 16.1 Å². The maximum absolute atomic E-state index is 6.30. The Labute approximate surface area is 131 Å². The van der Waals surface area contributed by atoms with E-state index in [-0.39, 0.29) is 0 Å². The minimum Gasteiger partial charge on any atom is -0.378 e. The normalized spacial score (nSPS) is 20.2. The Morgan fingerprint density at radius 1 is 1.40 bits per heavy atom. The minimum absolute atomic E-state index is 0.391. The van der Waals surface area contributed by atoms with E-state index in [1.165, 1.54) is 12.8 Å². The number of ether oxygens (including phenoxy) is 1. The van der Waals surface area contributed by atoms with Crippen LogP contribution >= 0.6 is 23.2 Å². The molecule has 2 rings (SSSR count). The predicted molar refractivity (Wildman–Crippen MR) is 85.8 cm³/mol. The number of hydrogen-bond donors (Lipinski definition) is 1. The van der Waals surface area contributed by atoms with Crippen LogP contribution in [-0.2, 0) is 11.2 Å². The number of halogens is 2. The van der Waals surface area contributed by atoms with Gasteiger partial charge in [-0.15, -0.1) is 0 Å². The topological polar surface area (TPSA) is 21.3 Å². The first-order valence-electron chi connectivity index (χ1n) is 7.48. The van der Waals surface area contributed by atoms with Gasteiger partial charge >= 0.3 is 0 Å². The molecular formula is C16H23Cl2NO. The molecule has 2 nitrogen and oxygen atoms in total. The number of hydrogen-bond acceptors (Lipinski definition) is 2. The fourth-order valence-electron chi connectivity index (χ4n) is 2.71. The standard InChI is InChI=1S/C16H23Cl2NO/c1-2-8-19-13(11-14-6-4-9-20-14)10-12-5-3-7-15(17)16(12)18/h3,5,7,13-14,19H,2,4,6,8-11H2,1H3. The quantitative estimate of drug-likeness (QED) is 0.801. The monoisotopic (exact) mass is 315 g/mol. The summed E-state index contributed by atoms with van der Waals surface area (Å²) >= 11 is 12.4. The maximum Gasteiger partial charge on any atom is 0.0624 e. The van der Waals surface area contributed by atoms with Crippen molar-refractivity contribution in [2.24, 2.45) is 0 Å². The largest absolute Gasteiger partial charge is 0.378 e. The van der Waals surface area contributed by atoms with Gasteiger partial charge in [0.15, 0.2) is 0 Å². The van der Waals surface area contributed by atoms with Crippen LogP contribution in [0.25, 0.3) is 0 Å². The Kier molecular flexibility index (Phi) is 6.63. The van der Waals surface area contributed by atoms with Crippen LogP contribution in [0.15, 0.2) is 18.2 Å². The Morgan fingerprint density at radius 2 is 2.25 bits per heavy atom. The van der Waals surface area contributed by atoms with Gasteiger partial charge in [0, 0.05) is 12.6 Å². The van der Waals surface area contributed by atoms with Crippen molar-refractivity contribution >= 4 is 23.2 Å². The molecule has 1 aromatic carbocycles. The van der Waals surface area contributed by atoms with Crippen LogP contribution in [0, 0.1) is 0 Å². The van der Waals surface area contributed by atoms with Gasteiger partial charge in [0.2, 0.25) is 0 Å². The zero-order valence-corrected chi connectivity index (χ0v) is 13.5. The average molecular weight is 316 g/mol. The summed E-state index contributed by atoms with van der Waals surface area (Å²) in [5.74, 6) is 0. The van der Waals surface area contributed by atoms with E-state index in [4.69, 9.17) is 27.9 Å². The highest BCUT2D eigenvalue weighted by molar-refractivity contribution is 6.42. The lowest BCUT2D eigenvalue weighted by atomic mass is 9.99. The van der Waals surface area contributed by atoms with Crippen LogP contribution in [0.5, 0.6) is 0 Å². The van der Waals surface area contributed by atoms with Crippen molar-refractivity contribution < 1.29 is 4.74 Å². The summed E-state index contributed by atoms with van der Waals surface area (Å²) in [6.45, 7) is 4.11. The molecular weight excluding hydrogens is 293 g/mol. The lowest BCUT2D eigenvalue weighted by Crippen LogP contribution is -2.35. The molecule has 2 unspecified atom stereocenters. The highest BCUT2D eigenvalue weighted by Gasteiger charge is 2.21. The van der Waals surface area contributed by atoms with Crippen LogP contribution < -0.4 is 5.32 Å². The van der Waals surface area contributed by atoms with E-state index in [9.17, 15) is 0 Å². The second kappa shape index (κ2) is 8.23. The van der Waals surface area contributed by atoms with Crippen molar-refractivity contribution in [1.82, 2.24) is 5.32 Å². The molecule has 0 aromatic heterocycles. The summed E-state index contributed by atoms with van der Waals surface area (Å²) < 4.78 is 5.76. The summed E-state index contributed by atoms with van der Waals surface area (Å²) in [6.07, 6.45) is 5.83. The first-order valence-corrected chi connectivity index (χ1v) is 8.24. The number of rotatable bonds is 7. The van der Waals surface area contributed by atoms with Gasteiger partial charge in [-0.2, -0.15) is 0 Å². The first kappa shape index (κ1) is 16.1. The van der Waals surface area contributed by atoms with Crippen LogP contribution in [-0.4, -0.2) is 25.3 Å². The van der Waals surface area contributed by atoms with Crippen molar-refractivity contribution in [3.8, 4) is 0 Å². The second-order valence-electron chi connectivity index (χ2n) is 5.44. The fourth-order valence-corrected chi connectivity index (χ4v) is 3.10. The van der Waals surface area contributed by atoms with Gasteiger partial charge in [0.1, 0.15) is 0 Å². The van der Waals surface area contributed by atoms with E-state index in [1.807, 2.05) is 12.1 Å². The van der Waals surface area contributed by atoms with Crippen LogP contribution in [0.3, 0.4) is 0 Å². The molecule has 1 aromatic rings. The van der Waals surface area contributed by atoms with E-state index in [0.29, 0.717) is 22.2 Å². The van der Waals surface area contributed by atoms with Gasteiger partial charge in [-0.3, -0.25) is 0 Å². The number of nitrogens with one attached hydrogen (secondary N) is 1. The van der Waals surface area contributed by atoms with Crippen molar-refractivity contribution in [1.29, 1.82) is 0 Å². The molecule has 2 atom stereocenters. The predicted octanol–water partition coefficient (Wildman–Crippen LogP) is 4.47. The minimum atomic E-state index is 0.391. The molecule has 112 valence electrons. The van der Waals surface area contributed by atoms with Crippen molar-refractivity contribution in [3.63, 3.8) is 0 Å². The zero-order valence-electron chi connectivity index (χ0n) is 12.0. The van der Waals surface area contributed by atoms with E-state index in [0.717, 1.165) is 38.0 Å². The Morgan fingerprint density at radius 3 is 2.95 bits per heavy atom. The van der Waals surface area contributed by atoms with Crippen LogP contribution in [0.1, 0.15) is 38.2 Å². The molecule has 1 fully saturated rings. The van der Waals surface area contributed by atoms with Gasteiger partial charge in [-0.25, -0.2) is 0 Å². The highest BCUT2D eigenvalue weighted by Crippen LogP contribution is 2.27. The molecule has 1 aliphatic heterocycles. The van der Waals surface area contributed by atoms with Crippen molar-refractivity contribution in [2.45, 2.75) is 51.2 Å². The third-order valence-electron chi connectivity index (χ3n) is 3.75. The Hall–Kier alpha value is -0.280. The lowest BCUT2D eigenvalue weighted by Gasteiger charge is -2.22. The molecule has 0 bridgehead atoms. The van der Waals surface area contributed by atoms with Crippen molar-refractivity contribution in [3.05, 3.63) is 33.8 Å². The molecule has 1 N–H and O–H groups in total. The molecule has 0 radical (unpaired) electrons. The second-order valence-corrected chi connectivity index (χ2v) is 6.22. The molecule has 20 heavy (non-hydrogen) atoms. The Balaban J connectivity index is 1.99. The molecule has 1 heterocycles. The smallest absolute Gasteiger partial charge is 0.0624 e. The molecule has 0 aliphatic carbocycles. The van der Waals surface area contributed by atoms with E-state index >= 15 is 0 Å². The van der Waals surface area contributed by atoms with Crippen LogP contribution in [0.4, 0.5) is 0 Å². The number of benzene rings is 1. The van der Waals surface area contributed by atoms with Crippen molar-refractivity contribution in [2.75, 3.05) is 13.2 Å². The molecule has 1 saturated heterocycles. The van der Waals surface area contributed by atoms with E-state index in [1.54, 1.807) is 0 Å². The summed E-state index contributed by atoms with van der Waals surface area (Å²) in [5.41, 5.74) is 1.12. The molecule has 4 heteroatoms. The van der Waals surface area contributed by atoms with Gasteiger partial charge < -0.3 is 10.1 Å². The van der Waals surface area contributed by atoms with E-state index in [2.05, 4.69) is 18.3 Å². The van der Waals surface area contributed by atoms with Gasteiger partial charge in [-0.1, -0.05) is 42.3 Å². The summed E-state index contributed by atoms with van der Waals surface area (Å²) in [4.78, 5) is 0. The lowest BCUT2D eigenvalue weighted by molar-refractivity contribution is 0.0946. The molecule has 1 aliphatic rings. The third-order valence-corrected chi connectivity index (χ3v) is 4.61. The first-order chi connectivity index (χ1) is 9.70. The zero-order chi connectivity index (χ0) is 14.4. The van der Waals surface area contributed by atoms with Gasteiger partial charge in [0.25, 0.3) is 0 Å². The molecule has 0 amide bonds. The fraction of sp³-hybridized carbons (Fsp3) is 0.625. The van der Waals surface area contributed by atoms with Gasteiger partial charge in [-0.05, 0) is 50.3 Å². The third kappa shape index (κ3) is 4.63. The summed E-state index contributed by atoms with van der Waals surface area (Å²) in [7, 11) is 0. The summed E-state index contributed by atoms with van der Waals surface area (Å²) in [5, 5.41) is 4.93. The highest BCUT2D eigenvalue weighted by atomic mass is 35.5. The van der Waals surface area contributed by atoms with E-state index < -0.39 is 0 Å². The Bertz CT molecular complexity index is 419.